The number of amides is 2. The summed E-state index contributed by atoms with van der Waals surface area (Å²) in [6.07, 6.45) is 0. The topological polar surface area (TPSA) is 88.9 Å². The molecule has 3 heterocycles. The van der Waals surface area contributed by atoms with Crippen LogP contribution in [0, 0.1) is 20.8 Å². The SMILES string of the molecule is Cc1cc(C)cc(NC(=O)NCCn2nc(-c3sc(-c4cccs4)nc3C)ccc2=O)c1. The van der Waals surface area contributed by atoms with E-state index >= 15 is 0 Å². The molecule has 0 saturated carbocycles. The average Bonchev–Trinajstić information content (AvgIpc) is 3.38. The number of benzene rings is 1. The van der Waals surface area contributed by atoms with Gasteiger partial charge in [0.25, 0.3) is 5.56 Å². The van der Waals surface area contributed by atoms with Gasteiger partial charge in [-0.1, -0.05) is 12.1 Å². The molecule has 0 aliphatic heterocycles. The summed E-state index contributed by atoms with van der Waals surface area (Å²) in [6, 6.07) is 12.8. The van der Waals surface area contributed by atoms with Crippen LogP contribution in [-0.4, -0.2) is 27.3 Å². The molecule has 0 aliphatic carbocycles. The number of nitrogens with one attached hydrogen (secondary N) is 2. The summed E-state index contributed by atoms with van der Waals surface area (Å²) in [4.78, 5) is 31.2. The maximum atomic E-state index is 12.3. The van der Waals surface area contributed by atoms with E-state index in [1.54, 1.807) is 28.7 Å². The number of carbonyl (C=O) groups excluding carboxylic acids is 1. The second-order valence-corrected chi connectivity index (χ2v) is 9.39. The van der Waals surface area contributed by atoms with Gasteiger partial charge in [-0.05, 0) is 61.5 Å². The van der Waals surface area contributed by atoms with Crippen molar-refractivity contribution >= 4 is 34.4 Å². The molecular formula is C23H23N5O2S2. The number of hydrogen-bond donors (Lipinski definition) is 2. The summed E-state index contributed by atoms with van der Waals surface area (Å²) in [6.45, 7) is 6.45. The van der Waals surface area contributed by atoms with Crippen molar-refractivity contribution < 1.29 is 4.79 Å². The predicted molar refractivity (Wildman–Crippen MR) is 131 cm³/mol. The summed E-state index contributed by atoms with van der Waals surface area (Å²) in [5.74, 6) is 0. The molecular weight excluding hydrogens is 442 g/mol. The zero-order valence-electron chi connectivity index (χ0n) is 18.0. The number of hydrogen-bond acceptors (Lipinski definition) is 6. The third kappa shape index (κ3) is 5.12. The van der Waals surface area contributed by atoms with Gasteiger partial charge >= 0.3 is 6.03 Å². The molecule has 9 heteroatoms. The van der Waals surface area contributed by atoms with Crippen molar-refractivity contribution in [3.05, 3.63) is 75.0 Å². The Morgan fingerprint density at radius 2 is 1.88 bits per heavy atom. The number of thiazole rings is 1. The molecule has 7 nitrogen and oxygen atoms in total. The molecule has 32 heavy (non-hydrogen) atoms. The Bertz CT molecular complexity index is 1290. The first kappa shape index (κ1) is 21.9. The highest BCUT2D eigenvalue weighted by atomic mass is 32.1. The van der Waals surface area contributed by atoms with Crippen molar-refractivity contribution in [1.82, 2.24) is 20.1 Å². The lowest BCUT2D eigenvalue weighted by Crippen LogP contribution is -2.34. The monoisotopic (exact) mass is 465 g/mol. The van der Waals surface area contributed by atoms with Crippen molar-refractivity contribution in [3.8, 4) is 20.5 Å². The minimum absolute atomic E-state index is 0.217. The van der Waals surface area contributed by atoms with Crippen molar-refractivity contribution in [2.45, 2.75) is 27.3 Å². The van der Waals surface area contributed by atoms with Gasteiger partial charge in [0.2, 0.25) is 0 Å². The smallest absolute Gasteiger partial charge is 0.319 e. The van der Waals surface area contributed by atoms with E-state index in [1.807, 2.05) is 56.5 Å². The molecule has 1 aromatic carbocycles. The van der Waals surface area contributed by atoms with Crippen LogP contribution in [0.5, 0.6) is 0 Å². The maximum absolute atomic E-state index is 12.3. The molecule has 0 fully saturated rings. The molecule has 0 radical (unpaired) electrons. The van der Waals surface area contributed by atoms with Crippen molar-refractivity contribution in [3.63, 3.8) is 0 Å². The summed E-state index contributed by atoms with van der Waals surface area (Å²) >= 11 is 3.20. The molecule has 164 valence electrons. The lowest BCUT2D eigenvalue weighted by Gasteiger charge is -2.10. The molecule has 0 spiro atoms. The van der Waals surface area contributed by atoms with Gasteiger partial charge in [-0.15, -0.1) is 22.7 Å². The van der Waals surface area contributed by atoms with Crippen LogP contribution in [-0.2, 0) is 6.54 Å². The van der Waals surface area contributed by atoms with Crippen LogP contribution in [0.15, 0.2) is 52.6 Å². The molecule has 4 rings (SSSR count). The lowest BCUT2D eigenvalue weighted by atomic mass is 10.1. The Balaban J connectivity index is 1.42. The van der Waals surface area contributed by atoms with Crippen LogP contribution in [0.3, 0.4) is 0 Å². The number of aryl methyl sites for hydroxylation is 3. The summed E-state index contributed by atoms with van der Waals surface area (Å²) in [5, 5.41) is 13.1. The highest BCUT2D eigenvalue weighted by molar-refractivity contribution is 7.23. The Hall–Kier alpha value is -3.30. The number of aromatic nitrogens is 3. The Kier molecular flexibility index (Phi) is 6.48. The predicted octanol–water partition coefficient (Wildman–Crippen LogP) is 4.84. The number of thiophene rings is 1. The van der Waals surface area contributed by atoms with Gasteiger partial charge < -0.3 is 10.6 Å². The van der Waals surface area contributed by atoms with Crippen molar-refractivity contribution in [2.24, 2.45) is 0 Å². The number of nitrogens with zero attached hydrogens (tertiary/aromatic N) is 3. The first-order valence-electron chi connectivity index (χ1n) is 10.1. The van der Waals surface area contributed by atoms with Gasteiger partial charge in [-0.25, -0.2) is 14.5 Å². The molecule has 3 aromatic heterocycles. The highest BCUT2D eigenvalue weighted by Crippen LogP contribution is 2.35. The van der Waals surface area contributed by atoms with E-state index in [-0.39, 0.29) is 24.7 Å². The van der Waals surface area contributed by atoms with E-state index in [4.69, 9.17) is 0 Å². The summed E-state index contributed by atoms with van der Waals surface area (Å²) in [5.41, 5.74) is 4.25. The quantitative estimate of drug-likeness (QED) is 0.426. The van der Waals surface area contributed by atoms with Gasteiger partial charge in [0.1, 0.15) is 10.7 Å². The minimum atomic E-state index is -0.321. The third-order valence-corrected chi connectivity index (χ3v) is 6.94. The van der Waals surface area contributed by atoms with Crippen LogP contribution in [0.2, 0.25) is 0 Å². The van der Waals surface area contributed by atoms with Crippen LogP contribution in [0.4, 0.5) is 10.5 Å². The Morgan fingerprint density at radius 1 is 1.09 bits per heavy atom. The lowest BCUT2D eigenvalue weighted by molar-refractivity contribution is 0.251. The Labute approximate surface area is 193 Å². The molecule has 4 aromatic rings. The number of anilines is 1. The van der Waals surface area contributed by atoms with E-state index in [0.29, 0.717) is 5.69 Å². The third-order valence-electron chi connectivity index (χ3n) is 4.72. The van der Waals surface area contributed by atoms with Crippen LogP contribution in [0.1, 0.15) is 16.8 Å². The largest absolute Gasteiger partial charge is 0.336 e. The molecule has 0 unspecified atom stereocenters. The van der Waals surface area contributed by atoms with Crippen molar-refractivity contribution in [1.29, 1.82) is 0 Å². The first-order chi connectivity index (χ1) is 15.4. The van der Waals surface area contributed by atoms with Gasteiger partial charge in [0, 0.05) is 18.3 Å². The van der Waals surface area contributed by atoms with E-state index in [9.17, 15) is 9.59 Å². The normalized spacial score (nSPS) is 10.8. The standard InChI is InChI=1S/C23H23N5O2S2/c1-14-11-15(2)13-17(12-14)26-23(30)24-8-9-28-20(29)7-6-18(27-28)21-16(3)25-22(32-21)19-5-4-10-31-19/h4-7,10-13H,8-9H2,1-3H3,(H2,24,26,30). The van der Waals surface area contributed by atoms with Gasteiger partial charge in [-0.2, -0.15) is 5.10 Å². The van der Waals surface area contributed by atoms with E-state index < -0.39 is 0 Å². The first-order valence-corrected chi connectivity index (χ1v) is 11.8. The molecule has 2 amide bonds. The Morgan fingerprint density at radius 3 is 2.59 bits per heavy atom. The number of urea groups is 1. The molecule has 0 aliphatic rings. The van der Waals surface area contributed by atoms with Gasteiger partial charge in [0.15, 0.2) is 0 Å². The van der Waals surface area contributed by atoms with Crippen LogP contribution in [0.25, 0.3) is 20.5 Å². The fourth-order valence-electron chi connectivity index (χ4n) is 3.37. The fourth-order valence-corrected chi connectivity index (χ4v) is 5.20. The summed E-state index contributed by atoms with van der Waals surface area (Å²) < 4.78 is 1.37. The minimum Gasteiger partial charge on any atom is -0.336 e. The van der Waals surface area contributed by atoms with E-state index in [0.717, 1.165) is 37.3 Å². The van der Waals surface area contributed by atoms with E-state index in [2.05, 4.69) is 20.7 Å². The maximum Gasteiger partial charge on any atom is 0.319 e. The van der Waals surface area contributed by atoms with Gasteiger partial charge in [0.05, 0.1) is 22.0 Å². The number of carbonyl (C=O) groups is 1. The average molecular weight is 466 g/mol. The zero-order valence-corrected chi connectivity index (χ0v) is 19.6. The summed E-state index contributed by atoms with van der Waals surface area (Å²) in [7, 11) is 0. The van der Waals surface area contributed by atoms with Crippen molar-refractivity contribution in [2.75, 3.05) is 11.9 Å². The van der Waals surface area contributed by atoms with E-state index in [1.165, 1.54) is 10.7 Å². The highest BCUT2D eigenvalue weighted by Gasteiger charge is 2.14. The second kappa shape index (κ2) is 9.46. The molecule has 0 saturated heterocycles. The zero-order chi connectivity index (χ0) is 22.7. The van der Waals surface area contributed by atoms with Crippen LogP contribution < -0.4 is 16.2 Å². The molecule has 0 atom stereocenters. The second-order valence-electron chi connectivity index (χ2n) is 7.45. The fraction of sp³-hybridized carbons (Fsp3) is 0.217. The molecule has 2 N–H and O–H groups in total. The van der Waals surface area contributed by atoms with Gasteiger partial charge in [-0.3, -0.25) is 4.79 Å². The molecule has 0 bridgehead atoms. The number of rotatable bonds is 6. The van der Waals surface area contributed by atoms with Crippen LogP contribution >= 0.6 is 22.7 Å².